The van der Waals surface area contributed by atoms with E-state index in [-0.39, 0.29) is 0 Å². The number of rotatable bonds is 3. The van der Waals surface area contributed by atoms with Crippen molar-refractivity contribution in [3.63, 3.8) is 0 Å². The second kappa shape index (κ2) is 6.63. The molecule has 1 aliphatic heterocycles. The third-order valence-corrected chi connectivity index (χ3v) is 4.96. The van der Waals surface area contributed by atoms with Gasteiger partial charge in [0.05, 0.1) is 14.2 Å². The summed E-state index contributed by atoms with van der Waals surface area (Å²) in [6.45, 7) is 3.29. The number of fused-ring (bicyclic) bond motifs is 1. The van der Waals surface area contributed by atoms with E-state index in [0.29, 0.717) is 12.0 Å². The SMILES string of the molecule is COc1cc2c(cc1OC)[C@H](c1ccccc1)CN(C)[C@H](C)C2. The highest BCUT2D eigenvalue weighted by Crippen LogP contribution is 2.39. The number of ether oxygens (including phenoxy) is 2. The summed E-state index contributed by atoms with van der Waals surface area (Å²) in [6, 6.07) is 15.6. The Balaban J connectivity index is 2.15. The predicted molar refractivity (Wildman–Crippen MR) is 93.6 cm³/mol. The smallest absolute Gasteiger partial charge is 0.161 e. The summed E-state index contributed by atoms with van der Waals surface area (Å²) in [5.41, 5.74) is 4.06. The standard InChI is InChI=1S/C20H25NO2/c1-14-10-16-11-19(22-3)20(23-4)12-17(16)18(13-21(14)2)15-8-6-5-7-9-15/h5-9,11-12,14,18H,10,13H2,1-4H3/t14-,18+/m1/s1. The van der Waals surface area contributed by atoms with Crippen molar-refractivity contribution in [3.05, 3.63) is 59.2 Å². The highest BCUT2D eigenvalue weighted by Gasteiger charge is 2.28. The molecule has 0 saturated heterocycles. The lowest BCUT2D eigenvalue weighted by atomic mass is 9.87. The first kappa shape index (κ1) is 15.9. The van der Waals surface area contributed by atoms with Crippen LogP contribution in [0.3, 0.4) is 0 Å². The first-order valence-corrected chi connectivity index (χ1v) is 8.14. The lowest BCUT2D eigenvalue weighted by Crippen LogP contribution is -2.32. The van der Waals surface area contributed by atoms with E-state index < -0.39 is 0 Å². The molecule has 3 heteroatoms. The molecule has 3 rings (SSSR count). The monoisotopic (exact) mass is 311 g/mol. The average molecular weight is 311 g/mol. The lowest BCUT2D eigenvalue weighted by molar-refractivity contribution is 0.258. The molecular formula is C20H25NO2. The molecular weight excluding hydrogens is 286 g/mol. The third kappa shape index (κ3) is 3.06. The third-order valence-electron chi connectivity index (χ3n) is 4.96. The van der Waals surface area contributed by atoms with Crippen molar-refractivity contribution in [2.45, 2.75) is 25.3 Å². The van der Waals surface area contributed by atoms with Gasteiger partial charge in [0.25, 0.3) is 0 Å². The Morgan fingerprint density at radius 1 is 1.00 bits per heavy atom. The van der Waals surface area contributed by atoms with Gasteiger partial charge in [-0.15, -0.1) is 0 Å². The van der Waals surface area contributed by atoms with E-state index in [2.05, 4.69) is 61.3 Å². The molecule has 0 aromatic heterocycles. The summed E-state index contributed by atoms with van der Waals surface area (Å²) in [4.78, 5) is 2.44. The molecule has 122 valence electrons. The molecule has 0 bridgehead atoms. The minimum atomic E-state index is 0.348. The number of hydrogen-bond donors (Lipinski definition) is 0. The van der Waals surface area contributed by atoms with Gasteiger partial charge in [-0.05, 0) is 49.2 Å². The van der Waals surface area contributed by atoms with Crippen LogP contribution in [-0.2, 0) is 6.42 Å². The fraction of sp³-hybridized carbons (Fsp3) is 0.400. The van der Waals surface area contributed by atoms with Crippen molar-refractivity contribution in [3.8, 4) is 11.5 Å². The van der Waals surface area contributed by atoms with Gasteiger partial charge in [0.2, 0.25) is 0 Å². The minimum Gasteiger partial charge on any atom is -0.493 e. The Hall–Kier alpha value is -2.00. The summed E-state index contributed by atoms with van der Waals surface area (Å²) < 4.78 is 11.0. The van der Waals surface area contributed by atoms with E-state index in [4.69, 9.17) is 9.47 Å². The maximum absolute atomic E-state index is 5.54. The molecule has 2 aromatic carbocycles. The van der Waals surface area contributed by atoms with Crippen molar-refractivity contribution in [2.75, 3.05) is 27.8 Å². The van der Waals surface area contributed by atoms with Gasteiger partial charge in [0, 0.05) is 18.5 Å². The number of methoxy groups -OCH3 is 2. The molecule has 0 amide bonds. The molecule has 2 atom stereocenters. The largest absolute Gasteiger partial charge is 0.493 e. The molecule has 0 radical (unpaired) electrons. The number of nitrogens with zero attached hydrogens (tertiary/aromatic N) is 1. The summed E-state index contributed by atoms with van der Waals surface area (Å²) in [6.07, 6.45) is 1.02. The van der Waals surface area contributed by atoms with Crippen LogP contribution in [0.2, 0.25) is 0 Å². The van der Waals surface area contributed by atoms with Gasteiger partial charge in [-0.2, -0.15) is 0 Å². The van der Waals surface area contributed by atoms with E-state index in [1.807, 2.05) is 0 Å². The van der Waals surface area contributed by atoms with Crippen molar-refractivity contribution < 1.29 is 9.47 Å². The van der Waals surface area contributed by atoms with Crippen LogP contribution in [0, 0.1) is 0 Å². The maximum atomic E-state index is 5.54. The van der Waals surface area contributed by atoms with Crippen molar-refractivity contribution in [1.29, 1.82) is 0 Å². The molecule has 0 saturated carbocycles. The summed E-state index contributed by atoms with van der Waals surface area (Å²) in [5.74, 6) is 1.97. The van der Waals surface area contributed by atoms with Crippen molar-refractivity contribution in [1.82, 2.24) is 4.90 Å². The molecule has 3 nitrogen and oxygen atoms in total. The Morgan fingerprint density at radius 2 is 1.65 bits per heavy atom. The molecule has 0 spiro atoms. The molecule has 0 unspecified atom stereocenters. The molecule has 2 aromatic rings. The zero-order valence-electron chi connectivity index (χ0n) is 14.4. The first-order chi connectivity index (χ1) is 11.1. The van der Waals surface area contributed by atoms with E-state index >= 15 is 0 Å². The lowest BCUT2D eigenvalue weighted by Gasteiger charge is -2.25. The topological polar surface area (TPSA) is 21.7 Å². The maximum Gasteiger partial charge on any atom is 0.161 e. The summed E-state index contributed by atoms with van der Waals surface area (Å²) >= 11 is 0. The van der Waals surface area contributed by atoms with Crippen LogP contribution in [0.1, 0.15) is 29.5 Å². The molecule has 0 aliphatic carbocycles. The van der Waals surface area contributed by atoms with Gasteiger partial charge in [0.15, 0.2) is 11.5 Å². The average Bonchev–Trinajstić information content (AvgIpc) is 2.71. The molecule has 23 heavy (non-hydrogen) atoms. The first-order valence-electron chi connectivity index (χ1n) is 8.14. The van der Waals surface area contributed by atoms with Gasteiger partial charge in [-0.1, -0.05) is 30.3 Å². The van der Waals surface area contributed by atoms with E-state index in [9.17, 15) is 0 Å². The minimum absolute atomic E-state index is 0.348. The van der Waals surface area contributed by atoms with E-state index in [0.717, 1.165) is 24.5 Å². The summed E-state index contributed by atoms with van der Waals surface area (Å²) in [5, 5.41) is 0. The van der Waals surface area contributed by atoms with Crippen molar-refractivity contribution in [2.24, 2.45) is 0 Å². The predicted octanol–water partition coefficient (Wildman–Crippen LogP) is 3.71. The zero-order valence-corrected chi connectivity index (χ0v) is 14.4. The van der Waals surface area contributed by atoms with Gasteiger partial charge in [-0.25, -0.2) is 0 Å². The van der Waals surface area contributed by atoms with Crippen LogP contribution >= 0.6 is 0 Å². The Morgan fingerprint density at radius 3 is 2.30 bits per heavy atom. The fourth-order valence-corrected chi connectivity index (χ4v) is 3.45. The number of benzene rings is 2. The van der Waals surface area contributed by atoms with Crippen LogP contribution in [-0.4, -0.2) is 38.8 Å². The summed E-state index contributed by atoms with van der Waals surface area (Å²) in [7, 11) is 5.61. The van der Waals surface area contributed by atoms with Gasteiger partial charge in [0.1, 0.15) is 0 Å². The highest BCUT2D eigenvalue weighted by atomic mass is 16.5. The van der Waals surface area contributed by atoms with E-state index in [1.54, 1.807) is 14.2 Å². The van der Waals surface area contributed by atoms with Crippen LogP contribution in [0.15, 0.2) is 42.5 Å². The molecule has 1 heterocycles. The molecule has 1 aliphatic rings. The second-order valence-electron chi connectivity index (χ2n) is 6.36. The van der Waals surface area contributed by atoms with E-state index in [1.165, 1.54) is 16.7 Å². The number of likely N-dealkylation sites (N-methyl/N-ethyl adjacent to an activating group) is 1. The van der Waals surface area contributed by atoms with Crippen LogP contribution in [0.25, 0.3) is 0 Å². The Labute approximate surface area is 138 Å². The highest BCUT2D eigenvalue weighted by molar-refractivity contribution is 5.51. The van der Waals surface area contributed by atoms with Crippen LogP contribution in [0.5, 0.6) is 11.5 Å². The van der Waals surface area contributed by atoms with Crippen molar-refractivity contribution >= 4 is 0 Å². The quantitative estimate of drug-likeness (QED) is 0.862. The van der Waals surface area contributed by atoms with Crippen LogP contribution < -0.4 is 9.47 Å². The Kier molecular flexibility index (Phi) is 4.58. The van der Waals surface area contributed by atoms with Gasteiger partial charge >= 0.3 is 0 Å². The van der Waals surface area contributed by atoms with Gasteiger partial charge in [-0.3, -0.25) is 0 Å². The number of hydrogen-bond acceptors (Lipinski definition) is 3. The van der Waals surface area contributed by atoms with Gasteiger partial charge < -0.3 is 14.4 Å². The fourth-order valence-electron chi connectivity index (χ4n) is 3.45. The Bertz CT molecular complexity index is 669. The molecule has 0 fully saturated rings. The second-order valence-corrected chi connectivity index (χ2v) is 6.36. The normalized spacial score (nSPS) is 21.4. The zero-order chi connectivity index (χ0) is 16.4. The molecule has 0 N–H and O–H groups in total. The van der Waals surface area contributed by atoms with Crippen LogP contribution in [0.4, 0.5) is 0 Å².